The summed E-state index contributed by atoms with van der Waals surface area (Å²) < 4.78 is 0. The maximum atomic E-state index is 12.0. The molecule has 2 atom stereocenters. The highest BCUT2D eigenvalue weighted by molar-refractivity contribution is 7.99. The Kier molecular flexibility index (Phi) is 5.82. The second-order valence-corrected chi connectivity index (χ2v) is 6.98. The van der Waals surface area contributed by atoms with Gasteiger partial charge in [-0.1, -0.05) is 6.42 Å². The first-order valence-corrected chi connectivity index (χ1v) is 8.74. The van der Waals surface area contributed by atoms with Gasteiger partial charge in [0.05, 0.1) is 6.10 Å². The highest BCUT2D eigenvalue weighted by Gasteiger charge is 2.24. The van der Waals surface area contributed by atoms with Crippen LogP contribution >= 0.6 is 11.8 Å². The van der Waals surface area contributed by atoms with Crippen LogP contribution in [0.2, 0.25) is 0 Å². The topological polar surface area (TPSA) is 61.4 Å². The van der Waals surface area contributed by atoms with E-state index in [9.17, 15) is 9.90 Å². The van der Waals surface area contributed by atoms with Crippen LogP contribution in [0.1, 0.15) is 51.4 Å². The molecule has 0 aliphatic heterocycles. The second-order valence-electron chi connectivity index (χ2n) is 5.84. The van der Waals surface area contributed by atoms with Crippen LogP contribution in [0.5, 0.6) is 0 Å². The highest BCUT2D eigenvalue weighted by Crippen LogP contribution is 2.26. The standard InChI is InChI=1S/C14H26N2O2S/c1-19-13-4-2-3-11(9-13)16-14(18)15-10-5-7-12(17)8-6-10/h10-13,17H,2-9H2,1H3,(H2,15,16,18). The summed E-state index contributed by atoms with van der Waals surface area (Å²) in [5, 5.41) is 16.3. The number of aliphatic hydroxyl groups is 1. The van der Waals surface area contributed by atoms with Gasteiger partial charge in [-0.05, 0) is 51.2 Å². The molecule has 2 rings (SSSR count). The smallest absolute Gasteiger partial charge is 0.315 e. The molecule has 2 aliphatic carbocycles. The van der Waals surface area contributed by atoms with E-state index in [4.69, 9.17) is 0 Å². The third-order valence-corrected chi connectivity index (χ3v) is 5.42. The fraction of sp³-hybridized carbons (Fsp3) is 0.929. The molecule has 2 amide bonds. The molecule has 0 aromatic carbocycles. The predicted molar refractivity (Wildman–Crippen MR) is 79.5 cm³/mol. The Balaban J connectivity index is 1.69. The molecule has 5 heteroatoms. The van der Waals surface area contributed by atoms with E-state index in [2.05, 4.69) is 16.9 Å². The number of hydrogen-bond donors (Lipinski definition) is 3. The van der Waals surface area contributed by atoms with Crippen LogP contribution in [-0.2, 0) is 0 Å². The van der Waals surface area contributed by atoms with Crippen molar-refractivity contribution in [3.8, 4) is 0 Å². The van der Waals surface area contributed by atoms with Crippen LogP contribution in [0.4, 0.5) is 4.79 Å². The van der Waals surface area contributed by atoms with Crippen LogP contribution in [0, 0.1) is 0 Å². The molecule has 0 heterocycles. The Labute approximate surface area is 120 Å². The van der Waals surface area contributed by atoms with Gasteiger partial charge < -0.3 is 15.7 Å². The van der Waals surface area contributed by atoms with Crippen LogP contribution in [0.3, 0.4) is 0 Å². The number of carbonyl (C=O) groups is 1. The van der Waals surface area contributed by atoms with Crippen LogP contribution in [-0.4, -0.2) is 40.8 Å². The lowest BCUT2D eigenvalue weighted by Crippen LogP contribution is -2.48. The first kappa shape index (κ1) is 15.0. The molecule has 2 saturated carbocycles. The van der Waals surface area contributed by atoms with E-state index in [-0.39, 0.29) is 18.2 Å². The van der Waals surface area contributed by atoms with Crippen LogP contribution < -0.4 is 10.6 Å². The molecule has 0 saturated heterocycles. The van der Waals surface area contributed by atoms with Gasteiger partial charge in [0.15, 0.2) is 0 Å². The van der Waals surface area contributed by atoms with E-state index in [0.717, 1.165) is 38.5 Å². The summed E-state index contributed by atoms with van der Waals surface area (Å²) >= 11 is 1.91. The normalized spacial score (nSPS) is 35.7. The summed E-state index contributed by atoms with van der Waals surface area (Å²) in [6.45, 7) is 0. The van der Waals surface area contributed by atoms with Gasteiger partial charge in [-0.25, -0.2) is 4.79 Å². The molecule has 4 nitrogen and oxygen atoms in total. The Hall–Kier alpha value is -0.420. The summed E-state index contributed by atoms with van der Waals surface area (Å²) in [5.74, 6) is 0. The number of urea groups is 1. The fourth-order valence-corrected chi connectivity index (χ4v) is 3.95. The molecule has 0 bridgehead atoms. The van der Waals surface area contributed by atoms with Gasteiger partial charge in [0.25, 0.3) is 0 Å². The number of carbonyl (C=O) groups excluding carboxylic acids is 1. The molecule has 19 heavy (non-hydrogen) atoms. The molecular formula is C14H26N2O2S. The summed E-state index contributed by atoms with van der Waals surface area (Å²) in [6.07, 6.45) is 10.1. The van der Waals surface area contributed by atoms with Gasteiger partial charge in [-0.2, -0.15) is 11.8 Å². The van der Waals surface area contributed by atoms with Crippen molar-refractivity contribution in [2.45, 2.75) is 74.8 Å². The van der Waals surface area contributed by atoms with E-state index in [0.29, 0.717) is 11.3 Å². The molecule has 2 fully saturated rings. The largest absolute Gasteiger partial charge is 0.393 e. The first-order valence-electron chi connectivity index (χ1n) is 7.45. The minimum Gasteiger partial charge on any atom is -0.393 e. The molecule has 0 radical (unpaired) electrons. The van der Waals surface area contributed by atoms with E-state index in [1.807, 2.05) is 11.8 Å². The Morgan fingerprint density at radius 3 is 2.42 bits per heavy atom. The van der Waals surface area contributed by atoms with Crippen molar-refractivity contribution in [2.24, 2.45) is 0 Å². The molecule has 0 spiro atoms. The van der Waals surface area contributed by atoms with E-state index in [1.54, 1.807) is 0 Å². The molecule has 0 aromatic heterocycles. The SMILES string of the molecule is CSC1CCCC(NC(=O)NC2CCC(O)CC2)C1. The van der Waals surface area contributed by atoms with Gasteiger partial charge in [-0.15, -0.1) is 0 Å². The molecule has 2 aliphatic rings. The Morgan fingerprint density at radius 1 is 1.05 bits per heavy atom. The first-order chi connectivity index (χ1) is 9.17. The number of rotatable bonds is 3. The zero-order valence-corrected chi connectivity index (χ0v) is 12.5. The lowest BCUT2D eigenvalue weighted by Gasteiger charge is -2.30. The van der Waals surface area contributed by atoms with Gasteiger partial charge in [0.2, 0.25) is 0 Å². The molecule has 110 valence electrons. The van der Waals surface area contributed by atoms with Crippen molar-refractivity contribution >= 4 is 17.8 Å². The molecule has 3 N–H and O–H groups in total. The van der Waals surface area contributed by atoms with Gasteiger partial charge in [0.1, 0.15) is 0 Å². The molecule has 0 aromatic rings. The number of thioether (sulfide) groups is 1. The minimum atomic E-state index is -0.165. The number of amides is 2. The van der Waals surface area contributed by atoms with Gasteiger partial charge in [-0.3, -0.25) is 0 Å². The van der Waals surface area contributed by atoms with Crippen molar-refractivity contribution in [3.63, 3.8) is 0 Å². The predicted octanol–water partition coefficient (Wildman–Crippen LogP) is 2.26. The average Bonchev–Trinajstić information content (AvgIpc) is 2.41. The summed E-state index contributed by atoms with van der Waals surface area (Å²) in [5.41, 5.74) is 0. The maximum Gasteiger partial charge on any atom is 0.315 e. The van der Waals surface area contributed by atoms with Crippen molar-refractivity contribution in [1.82, 2.24) is 10.6 Å². The number of hydrogen-bond acceptors (Lipinski definition) is 3. The van der Waals surface area contributed by atoms with E-state index < -0.39 is 0 Å². The van der Waals surface area contributed by atoms with Crippen molar-refractivity contribution in [2.75, 3.05) is 6.26 Å². The third kappa shape index (κ3) is 4.88. The van der Waals surface area contributed by atoms with E-state index in [1.165, 1.54) is 12.8 Å². The average molecular weight is 286 g/mol. The van der Waals surface area contributed by atoms with Crippen molar-refractivity contribution in [1.29, 1.82) is 0 Å². The fourth-order valence-electron chi connectivity index (χ4n) is 3.12. The third-order valence-electron chi connectivity index (χ3n) is 4.33. The van der Waals surface area contributed by atoms with Crippen LogP contribution in [0.15, 0.2) is 0 Å². The van der Waals surface area contributed by atoms with Gasteiger partial charge >= 0.3 is 6.03 Å². The zero-order chi connectivity index (χ0) is 13.7. The maximum absolute atomic E-state index is 12.0. The van der Waals surface area contributed by atoms with Crippen molar-refractivity contribution < 1.29 is 9.90 Å². The molecule has 2 unspecified atom stereocenters. The second kappa shape index (κ2) is 7.39. The lowest BCUT2D eigenvalue weighted by atomic mass is 9.93. The summed E-state index contributed by atoms with van der Waals surface area (Å²) in [4.78, 5) is 12.0. The quantitative estimate of drug-likeness (QED) is 0.746. The Bertz CT molecular complexity index is 293. The van der Waals surface area contributed by atoms with Gasteiger partial charge in [0, 0.05) is 17.3 Å². The monoisotopic (exact) mass is 286 g/mol. The number of aliphatic hydroxyl groups excluding tert-OH is 1. The Morgan fingerprint density at radius 2 is 1.74 bits per heavy atom. The van der Waals surface area contributed by atoms with E-state index >= 15 is 0 Å². The zero-order valence-electron chi connectivity index (χ0n) is 11.7. The van der Waals surface area contributed by atoms with Crippen molar-refractivity contribution in [3.05, 3.63) is 0 Å². The minimum absolute atomic E-state index is 0.0202. The summed E-state index contributed by atoms with van der Waals surface area (Å²) in [7, 11) is 0. The number of nitrogens with one attached hydrogen (secondary N) is 2. The molecular weight excluding hydrogens is 260 g/mol. The lowest BCUT2D eigenvalue weighted by molar-refractivity contribution is 0.117. The highest BCUT2D eigenvalue weighted by atomic mass is 32.2. The summed E-state index contributed by atoms with van der Waals surface area (Å²) in [6, 6.07) is 0.553. The van der Waals surface area contributed by atoms with Crippen LogP contribution in [0.25, 0.3) is 0 Å².